The molecule has 2 heterocycles. The third-order valence-electron chi connectivity index (χ3n) is 4.97. The third kappa shape index (κ3) is 4.77. The molecule has 0 atom stereocenters. The van der Waals surface area contributed by atoms with Gasteiger partial charge in [0.15, 0.2) is 5.16 Å². The summed E-state index contributed by atoms with van der Waals surface area (Å²) in [5.41, 5.74) is 0.772. The number of nitrogens with zero attached hydrogens (tertiary/aromatic N) is 2. The lowest BCUT2D eigenvalue weighted by Gasteiger charge is -2.13. The molecule has 0 fully saturated rings. The molecule has 6 nitrogen and oxygen atoms in total. The molecule has 172 valence electrons. The first-order valence-electron chi connectivity index (χ1n) is 10.1. The Bertz CT molecular complexity index is 1400. The average Bonchev–Trinajstić information content (AvgIpc) is 3.17. The molecule has 33 heavy (non-hydrogen) atoms. The number of halogens is 2. The molecule has 0 aliphatic carbocycles. The molecule has 0 aliphatic heterocycles. The second kappa shape index (κ2) is 10.2. The van der Waals surface area contributed by atoms with Crippen LogP contribution in [0, 0.1) is 5.82 Å². The van der Waals surface area contributed by atoms with Crippen molar-refractivity contribution in [3.63, 3.8) is 0 Å². The maximum absolute atomic E-state index is 14.7. The molecule has 2 aromatic heterocycles. The van der Waals surface area contributed by atoms with Crippen LogP contribution in [0.3, 0.4) is 0 Å². The molecule has 0 radical (unpaired) electrons. The summed E-state index contributed by atoms with van der Waals surface area (Å²) in [6.07, 6.45) is 0. The number of ether oxygens (including phenoxy) is 2. The topological polar surface area (TPSA) is 70.4 Å². The average molecular weight is 507 g/mol. The number of hydrogen-bond acceptors (Lipinski definition) is 7. The first kappa shape index (κ1) is 23.7. The Morgan fingerprint density at radius 1 is 1.30 bits per heavy atom. The number of rotatable bonds is 8. The molecule has 0 amide bonds. The summed E-state index contributed by atoms with van der Waals surface area (Å²) >= 11 is 8.55. The van der Waals surface area contributed by atoms with Crippen LogP contribution in [0.2, 0.25) is 5.02 Å². The summed E-state index contributed by atoms with van der Waals surface area (Å²) in [7, 11) is 1.55. The highest BCUT2D eigenvalue weighted by Gasteiger charge is 2.23. The second-order valence-corrected chi connectivity index (χ2v) is 9.47. The molecule has 0 saturated carbocycles. The van der Waals surface area contributed by atoms with Crippen LogP contribution in [0.5, 0.6) is 0 Å². The van der Waals surface area contributed by atoms with Gasteiger partial charge in [-0.05, 0) is 42.8 Å². The van der Waals surface area contributed by atoms with E-state index >= 15 is 0 Å². The normalized spacial score (nSPS) is 11.4. The van der Waals surface area contributed by atoms with Crippen LogP contribution in [-0.4, -0.2) is 35.8 Å². The molecule has 10 heteroatoms. The number of carbonyl (C=O) groups is 1. The van der Waals surface area contributed by atoms with Crippen molar-refractivity contribution in [2.75, 3.05) is 20.3 Å². The number of fused-ring (bicyclic) bond motifs is 2. The maximum atomic E-state index is 14.7. The van der Waals surface area contributed by atoms with Crippen LogP contribution in [0.4, 0.5) is 4.39 Å². The maximum Gasteiger partial charge on any atom is 0.348 e. The molecule has 4 rings (SSSR count). The van der Waals surface area contributed by atoms with Gasteiger partial charge in [-0.2, -0.15) is 0 Å². The van der Waals surface area contributed by atoms with E-state index in [2.05, 4.69) is 4.98 Å². The van der Waals surface area contributed by atoms with E-state index < -0.39 is 11.8 Å². The molecule has 0 N–H and O–H groups in total. The summed E-state index contributed by atoms with van der Waals surface area (Å²) in [6.45, 7) is 2.55. The van der Waals surface area contributed by atoms with Crippen LogP contribution in [0.25, 0.3) is 21.0 Å². The van der Waals surface area contributed by atoms with Crippen molar-refractivity contribution in [3.8, 4) is 0 Å². The predicted molar refractivity (Wildman–Crippen MR) is 130 cm³/mol. The first-order valence-corrected chi connectivity index (χ1v) is 12.3. The van der Waals surface area contributed by atoms with Gasteiger partial charge in [0.25, 0.3) is 5.56 Å². The van der Waals surface area contributed by atoms with Crippen LogP contribution >= 0.6 is 34.7 Å². The monoisotopic (exact) mass is 506 g/mol. The smallest absolute Gasteiger partial charge is 0.348 e. The van der Waals surface area contributed by atoms with Crippen LogP contribution in [0.15, 0.2) is 46.3 Å². The Balaban J connectivity index is 1.80. The highest BCUT2D eigenvalue weighted by Crippen LogP contribution is 2.37. The Labute approximate surface area is 202 Å². The molecule has 0 aliphatic rings. The molecule has 0 bridgehead atoms. The van der Waals surface area contributed by atoms with Crippen LogP contribution in [0.1, 0.15) is 22.2 Å². The molecular weight excluding hydrogens is 487 g/mol. The molecule has 0 saturated heterocycles. The Morgan fingerprint density at radius 2 is 2.12 bits per heavy atom. The van der Waals surface area contributed by atoms with Gasteiger partial charge < -0.3 is 9.47 Å². The van der Waals surface area contributed by atoms with E-state index in [9.17, 15) is 14.0 Å². The van der Waals surface area contributed by atoms with Gasteiger partial charge in [-0.15, -0.1) is 11.3 Å². The van der Waals surface area contributed by atoms with Crippen molar-refractivity contribution in [3.05, 3.63) is 68.0 Å². The van der Waals surface area contributed by atoms with Gasteiger partial charge in [0.05, 0.1) is 30.7 Å². The Morgan fingerprint density at radius 3 is 2.88 bits per heavy atom. The zero-order valence-corrected chi connectivity index (χ0v) is 20.3. The number of aromatic nitrogens is 2. The summed E-state index contributed by atoms with van der Waals surface area (Å²) in [4.78, 5) is 30.7. The van der Waals surface area contributed by atoms with Crippen molar-refractivity contribution in [1.29, 1.82) is 0 Å². The van der Waals surface area contributed by atoms with E-state index in [-0.39, 0.29) is 17.9 Å². The second-order valence-electron chi connectivity index (χ2n) is 7.04. The zero-order valence-electron chi connectivity index (χ0n) is 17.9. The first-order chi connectivity index (χ1) is 15.9. The number of esters is 1. The van der Waals surface area contributed by atoms with E-state index in [1.165, 1.54) is 33.7 Å². The van der Waals surface area contributed by atoms with Gasteiger partial charge in [-0.1, -0.05) is 29.4 Å². The lowest BCUT2D eigenvalue weighted by atomic mass is 10.1. The standard InChI is InChI=1S/C23H20ClFN2O4S2/c1-3-31-22(29)20-15(19-16(25)5-4-6-18(19)33-20)12-32-23-26-17-11-13(24)7-8-14(17)21(28)27(23)9-10-30-2/h4-8,11H,3,9-10,12H2,1-2H3. The van der Waals surface area contributed by atoms with Crippen molar-refractivity contribution in [1.82, 2.24) is 9.55 Å². The fraction of sp³-hybridized carbons (Fsp3) is 0.261. The van der Waals surface area contributed by atoms with Gasteiger partial charge in [0.1, 0.15) is 10.7 Å². The Kier molecular flexibility index (Phi) is 7.33. The van der Waals surface area contributed by atoms with Crippen molar-refractivity contribution < 1.29 is 18.7 Å². The van der Waals surface area contributed by atoms with Crippen LogP contribution < -0.4 is 5.56 Å². The fourth-order valence-corrected chi connectivity index (χ4v) is 5.91. The zero-order chi connectivity index (χ0) is 23.5. The highest BCUT2D eigenvalue weighted by atomic mass is 35.5. The van der Waals surface area contributed by atoms with Crippen molar-refractivity contribution in [2.45, 2.75) is 24.4 Å². The molecule has 0 spiro atoms. The Hall–Kier alpha value is -2.46. The van der Waals surface area contributed by atoms with Crippen molar-refractivity contribution >= 4 is 61.7 Å². The van der Waals surface area contributed by atoms with E-state index in [0.29, 0.717) is 54.8 Å². The number of hydrogen-bond donors (Lipinski definition) is 0. The number of benzene rings is 2. The fourth-order valence-electron chi connectivity index (χ4n) is 3.47. The summed E-state index contributed by atoms with van der Waals surface area (Å²) < 4.78 is 27.3. The van der Waals surface area contributed by atoms with Gasteiger partial charge >= 0.3 is 5.97 Å². The number of thioether (sulfide) groups is 1. The minimum Gasteiger partial charge on any atom is -0.462 e. The minimum atomic E-state index is -0.497. The minimum absolute atomic E-state index is 0.214. The largest absolute Gasteiger partial charge is 0.462 e. The number of methoxy groups -OCH3 is 1. The summed E-state index contributed by atoms with van der Waals surface area (Å²) in [5.74, 6) is -0.686. The lowest BCUT2D eigenvalue weighted by Crippen LogP contribution is -2.25. The molecule has 2 aromatic carbocycles. The molecule has 4 aromatic rings. The van der Waals surface area contributed by atoms with E-state index in [0.717, 1.165) is 0 Å². The summed E-state index contributed by atoms with van der Waals surface area (Å²) in [6, 6.07) is 9.66. The predicted octanol–water partition coefficient (Wildman–Crippen LogP) is 5.52. The van der Waals surface area contributed by atoms with E-state index in [1.807, 2.05) is 0 Å². The SMILES string of the molecule is CCOC(=O)c1sc2cccc(F)c2c1CSc1nc2cc(Cl)ccc2c(=O)n1CCOC. The molecule has 0 unspecified atom stereocenters. The van der Waals surface area contributed by atoms with Gasteiger partial charge in [0.2, 0.25) is 0 Å². The quantitative estimate of drug-likeness (QED) is 0.178. The van der Waals surface area contributed by atoms with Gasteiger partial charge in [-0.3, -0.25) is 9.36 Å². The number of thiophene rings is 1. The lowest BCUT2D eigenvalue weighted by molar-refractivity contribution is 0.0531. The summed E-state index contributed by atoms with van der Waals surface area (Å²) in [5, 5.41) is 1.72. The van der Waals surface area contributed by atoms with E-state index in [4.69, 9.17) is 21.1 Å². The third-order valence-corrected chi connectivity index (χ3v) is 7.39. The van der Waals surface area contributed by atoms with Gasteiger partial charge in [-0.25, -0.2) is 14.2 Å². The molecular formula is C23H20ClFN2O4S2. The number of carbonyl (C=O) groups excluding carboxylic acids is 1. The van der Waals surface area contributed by atoms with E-state index in [1.54, 1.807) is 44.4 Å². The van der Waals surface area contributed by atoms with Crippen molar-refractivity contribution in [2.24, 2.45) is 0 Å². The van der Waals surface area contributed by atoms with Gasteiger partial charge in [0, 0.05) is 28.0 Å². The highest BCUT2D eigenvalue weighted by molar-refractivity contribution is 7.98. The van der Waals surface area contributed by atoms with Crippen LogP contribution in [-0.2, 0) is 21.8 Å².